The zero-order chi connectivity index (χ0) is 41.8. The monoisotopic (exact) mass is 824 g/mol. The molecule has 0 aromatic heterocycles. The molecule has 2 atom stereocenters. The Bertz CT molecular complexity index is 1080. The van der Waals surface area contributed by atoms with Crippen LogP contribution in [-0.4, -0.2) is 54.3 Å². The lowest BCUT2D eigenvalue weighted by Crippen LogP contribution is -2.27. The summed E-state index contributed by atoms with van der Waals surface area (Å²) in [4.78, 5) is 33.9. The molecule has 0 aliphatic carbocycles. The van der Waals surface area contributed by atoms with Crippen LogP contribution in [0.5, 0.6) is 0 Å². The Labute approximate surface area is 349 Å². The normalized spacial score (nSPS) is 13.7. The van der Waals surface area contributed by atoms with Crippen LogP contribution in [0, 0.1) is 0 Å². The lowest BCUT2D eigenvalue weighted by atomic mass is 10.0. The van der Waals surface area contributed by atoms with Gasteiger partial charge in [-0.05, 0) is 77.0 Å². The first kappa shape index (κ1) is 55.0. The number of nitrogens with one attached hydrogen (secondary N) is 1. The number of rotatable bonds is 43. The largest absolute Gasteiger partial charge is 0.472 e. The first-order valence-electron chi connectivity index (χ1n) is 23.1. The third-order valence-electron chi connectivity index (χ3n) is 9.73. The number of esters is 1. The third-order valence-corrected chi connectivity index (χ3v) is 10.7. The van der Waals surface area contributed by atoms with Gasteiger partial charge in [-0.15, -0.1) is 0 Å². The van der Waals surface area contributed by atoms with Gasteiger partial charge < -0.3 is 20.1 Å². The molecule has 57 heavy (non-hydrogen) atoms. The van der Waals surface area contributed by atoms with Crippen LogP contribution in [0.25, 0.3) is 0 Å². The van der Waals surface area contributed by atoms with Crippen LogP contribution >= 0.6 is 7.82 Å². The number of allylic oxidation sites excluding steroid dienone is 8. The van der Waals surface area contributed by atoms with Gasteiger partial charge in [0, 0.05) is 19.4 Å². The van der Waals surface area contributed by atoms with E-state index >= 15 is 0 Å². The van der Waals surface area contributed by atoms with Gasteiger partial charge in [0.2, 0.25) is 5.91 Å². The number of aliphatic hydroxyl groups is 1. The summed E-state index contributed by atoms with van der Waals surface area (Å²) >= 11 is 0. The minimum atomic E-state index is -4.42. The van der Waals surface area contributed by atoms with Gasteiger partial charge in [0.1, 0.15) is 12.7 Å². The van der Waals surface area contributed by atoms with Crippen molar-refractivity contribution in [3.63, 3.8) is 0 Å². The van der Waals surface area contributed by atoms with Gasteiger partial charge in [-0.1, -0.05) is 165 Å². The molecule has 0 bridgehead atoms. The maximum atomic E-state index is 12.1. The molecule has 0 aliphatic rings. The summed E-state index contributed by atoms with van der Waals surface area (Å²) in [6.45, 7) is 3.50. The molecule has 0 heterocycles. The second kappa shape index (κ2) is 43.5. The Balaban J connectivity index is 3.58. The van der Waals surface area contributed by atoms with Crippen LogP contribution in [0.1, 0.15) is 206 Å². The second-order valence-electron chi connectivity index (χ2n) is 15.4. The summed E-state index contributed by atoms with van der Waals surface area (Å²) < 4.78 is 26.9. The van der Waals surface area contributed by atoms with E-state index in [0.717, 1.165) is 70.6 Å². The van der Waals surface area contributed by atoms with Gasteiger partial charge in [-0.25, -0.2) is 4.57 Å². The molecule has 0 aromatic carbocycles. The minimum Gasteiger partial charge on any atom is -0.463 e. The highest BCUT2D eigenvalue weighted by molar-refractivity contribution is 7.47. The first-order chi connectivity index (χ1) is 27.8. The third kappa shape index (κ3) is 44.9. The van der Waals surface area contributed by atoms with Crippen molar-refractivity contribution in [2.45, 2.75) is 213 Å². The van der Waals surface area contributed by atoms with E-state index in [-0.39, 0.29) is 32.1 Å². The summed E-state index contributed by atoms with van der Waals surface area (Å²) in [5.74, 6) is -0.529. The van der Waals surface area contributed by atoms with Gasteiger partial charge in [-0.3, -0.25) is 18.6 Å². The predicted octanol–water partition coefficient (Wildman–Crippen LogP) is 13.1. The molecule has 3 N–H and O–H groups in total. The van der Waals surface area contributed by atoms with Crippen molar-refractivity contribution in [1.82, 2.24) is 5.32 Å². The number of phosphoric ester groups is 1. The number of carbonyl (C=O) groups excluding carboxylic acids is 2. The number of phosphoric acid groups is 1. The molecule has 2 unspecified atom stereocenters. The quantitative estimate of drug-likeness (QED) is 0.0240. The number of hydrogen-bond donors (Lipinski definition) is 3. The molecule has 9 nitrogen and oxygen atoms in total. The molecule has 0 radical (unpaired) electrons. The molecule has 1 amide bonds. The van der Waals surface area contributed by atoms with Crippen molar-refractivity contribution in [2.75, 3.05) is 26.4 Å². The SMILES string of the molecule is CCCCC/C=C\C/C=C\C/C=C\CCCCCCCCCCCCC(=O)NCCOP(=O)(O)OCC(O)COC(=O)CCCCCCC/C=C\CCCCCC. The zero-order valence-corrected chi connectivity index (χ0v) is 37.4. The summed E-state index contributed by atoms with van der Waals surface area (Å²) in [5, 5.41) is 12.7. The van der Waals surface area contributed by atoms with Gasteiger partial charge in [-0.2, -0.15) is 0 Å². The van der Waals surface area contributed by atoms with E-state index in [9.17, 15) is 24.2 Å². The number of hydrogen-bond acceptors (Lipinski definition) is 7. The highest BCUT2D eigenvalue weighted by Gasteiger charge is 2.23. The molecule has 0 aliphatic heterocycles. The van der Waals surface area contributed by atoms with Crippen LogP contribution in [0.2, 0.25) is 0 Å². The number of aliphatic hydroxyl groups excluding tert-OH is 1. The fourth-order valence-electron chi connectivity index (χ4n) is 6.21. The Morgan fingerprint density at radius 3 is 1.47 bits per heavy atom. The van der Waals surface area contributed by atoms with E-state index < -0.39 is 26.5 Å². The van der Waals surface area contributed by atoms with E-state index in [4.69, 9.17) is 13.8 Å². The topological polar surface area (TPSA) is 131 Å². The van der Waals surface area contributed by atoms with Crippen molar-refractivity contribution < 1.29 is 37.9 Å². The average molecular weight is 824 g/mol. The van der Waals surface area contributed by atoms with Crippen LogP contribution in [-0.2, 0) is 27.9 Å². The summed E-state index contributed by atoms with van der Waals surface area (Å²) in [5.41, 5.74) is 0. The zero-order valence-electron chi connectivity index (χ0n) is 36.5. The lowest BCUT2D eigenvalue weighted by Gasteiger charge is -2.15. The standard InChI is InChI=1S/C47H86NO8P/c1-3-5-7-9-11-13-15-17-18-19-20-21-22-23-24-25-26-28-29-31-33-35-37-39-46(50)48-41-42-55-57(52,53)56-44-45(49)43-54-47(51)40-38-36-34-32-30-27-16-14-12-10-8-6-4-2/h11,13-14,16-18,20-21,45,49H,3-10,12,15,19,22-44H2,1-2H3,(H,48,50)(H,52,53)/b13-11-,16-14-,18-17-,21-20-. The van der Waals surface area contributed by atoms with E-state index in [1.54, 1.807) is 0 Å². The van der Waals surface area contributed by atoms with Crippen molar-refractivity contribution in [1.29, 1.82) is 0 Å². The maximum absolute atomic E-state index is 12.1. The highest BCUT2D eigenvalue weighted by Crippen LogP contribution is 2.42. The van der Waals surface area contributed by atoms with Crippen molar-refractivity contribution in [2.24, 2.45) is 0 Å². The Morgan fingerprint density at radius 1 is 0.544 bits per heavy atom. The van der Waals surface area contributed by atoms with Crippen molar-refractivity contribution in [3.05, 3.63) is 48.6 Å². The molecule has 0 fully saturated rings. The fraction of sp³-hybridized carbons (Fsp3) is 0.787. The van der Waals surface area contributed by atoms with Crippen molar-refractivity contribution in [3.8, 4) is 0 Å². The smallest absolute Gasteiger partial charge is 0.463 e. The fourth-order valence-corrected chi connectivity index (χ4v) is 6.96. The molecular weight excluding hydrogens is 737 g/mol. The van der Waals surface area contributed by atoms with Crippen molar-refractivity contribution >= 4 is 19.7 Å². The second-order valence-corrected chi connectivity index (χ2v) is 16.8. The molecule has 332 valence electrons. The predicted molar refractivity (Wildman–Crippen MR) is 238 cm³/mol. The van der Waals surface area contributed by atoms with Gasteiger partial charge in [0.25, 0.3) is 0 Å². The Hall–Kier alpha value is -2.03. The average Bonchev–Trinajstić information content (AvgIpc) is 3.20. The van der Waals surface area contributed by atoms with Gasteiger partial charge in [0.05, 0.1) is 13.2 Å². The molecule has 0 saturated carbocycles. The molecule has 0 saturated heterocycles. The number of unbranched alkanes of at least 4 members (excludes halogenated alkanes) is 22. The molecule has 0 aromatic rings. The van der Waals surface area contributed by atoms with E-state index in [0.29, 0.717) is 6.42 Å². The maximum Gasteiger partial charge on any atom is 0.472 e. The van der Waals surface area contributed by atoms with Gasteiger partial charge in [0.15, 0.2) is 0 Å². The van der Waals surface area contributed by atoms with E-state index in [2.05, 4.69) is 67.8 Å². The minimum absolute atomic E-state index is 0.0775. The van der Waals surface area contributed by atoms with E-state index in [1.165, 1.54) is 109 Å². The molecule has 0 rings (SSSR count). The van der Waals surface area contributed by atoms with Crippen LogP contribution in [0.4, 0.5) is 0 Å². The highest BCUT2D eigenvalue weighted by atomic mass is 31.2. The Morgan fingerprint density at radius 2 is 0.947 bits per heavy atom. The summed E-state index contributed by atoms with van der Waals surface area (Å²) in [7, 11) is -4.42. The number of carbonyl (C=O) groups is 2. The lowest BCUT2D eigenvalue weighted by molar-refractivity contribution is -0.147. The summed E-state index contributed by atoms with van der Waals surface area (Å²) in [6, 6.07) is 0. The number of ether oxygens (including phenoxy) is 1. The van der Waals surface area contributed by atoms with E-state index in [1.807, 2.05) is 0 Å². The first-order valence-corrected chi connectivity index (χ1v) is 24.6. The molecule has 10 heteroatoms. The molecule has 0 spiro atoms. The number of amides is 1. The van der Waals surface area contributed by atoms with Crippen LogP contribution < -0.4 is 5.32 Å². The molecular formula is C47H86NO8P. The van der Waals surface area contributed by atoms with Crippen LogP contribution in [0.15, 0.2) is 48.6 Å². The van der Waals surface area contributed by atoms with Gasteiger partial charge >= 0.3 is 13.8 Å². The van der Waals surface area contributed by atoms with Crippen LogP contribution in [0.3, 0.4) is 0 Å². The Kier molecular flexibility index (Phi) is 42.0. The summed E-state index contributed by atoms with van der Waals surface area (Å²) in [6.07, 6.45) is 50.4.